The second-order valence-corrected chi connectivity index (χ2v) is 14.4. The Morgan fingerprint density at radius 1 is 1.06 bits per heavy atom. The van der Waals surface area contributed by atoms with E-state index in [4.69, 9.17) is 0 Å². The van der Waals surface area contributed by atoms with Gasteiger partial charge in [-0.2, -0.15) is 0 Å². The SMILES string of the molecule is CC(C)=CCC[C@](C)(O)[C@H]1CC[C@@]2(C)[C@H]1[C@@H](O)C[C@@H]1[C@@]3(C)CCC(=O)C(C)(C)C3[C@@H](O)C[C@]12C. The molecule has 4 nitrogen and oxygen atoms in total. The van der Waals surface area contributed by atoms with Gasteiger partial charge < -0.3 is 15.3 Å². The van der Waals surface area contributed by atoms with Gasteiger partial charge in [0.15, 0.2) is 0 Å². The molecule has 10 atom stereocenters. The predicted molar refractivity (Wildman–Crippen MR) is 136 cm³/mol. The largest absolute Gasteiger partial charge is 0.393 e. The molecule has 1 unspecified atom stereocenters. The van der Waals surface area contributed by atoms with Crippen molar-refractivity contribution in [1.29, 1.82) is 0 Å². The number of allylic oxidation sites excluding steroid dienone is 2. The first-order valence-corrected chi connectivity index (χ1v) is 13.8. The average molecular weight is 475 g/mol. The van der Waals surface area contributed by atoms with Gasteiger partial charge in [0.2, 0.25) is 0 Å². The molecular formula is C30H50O4. The van der Waals surface area contributed by atoms with Crippen molar-refractivity contribution in [3.8, 4) is 0 Å². The van der Waals surface area contributed by atoms with Crippen LogP contribution in [0.1, 0.15) is 107 Å². The fourth-order valence-electron chi connectivity index (χ4n) is 10.3. The number of rotatable bonds is 4. The number of hydrogen-bond donors (Lipinski definition) is 3. The van der Waals surface area contributed by atoms with Crippen molar-refractivity contribution >= 4 is 5.78 Å². The van der Waals surface area contributed by atoms with Gasteiger partial charge in [0.25, 0.3) is 0 Å². The van der Waals surface area contributed by atoms with Crippen LogP contribution in [0.15, 0.2) is 11.6 Å². The van der Waals surface area contributed by atoms with Crippen LogP contribution in [0.3, 0.4) is 0 Å². The summed E-state index contributed by atoms with van der Waals surface area (Å²) in [7, 11) is 0. The van der Waals surface area contributed by atoms with E-state index < -0.39 is 23.2 Å². The molecule has 194 valence electrons. The van der Waals surface area contributed by atoms with Crippen molar-refractivity contribution in [3.05, 3.63) is 11.6 Å². The Balaban J connectivity index is 1.71. The highest BCUT2D eigenvalue weighted by Gasteiger charge is 2.73. The summed E-state index contributed by atoms with van der Waals surface area (Å²) in [5.74, 6) is 0.540. The molecule has 0 bridgehead atoms. The molecule has 4 saturated carbocycles. The van der Waals surface area contributed by atoms with Gasteiger partial charge in [0, 0.05) is 17.8 Å². The molecular weight excluding hydrogens is 424 g/mol. The minimum atomic E-state index is -0.822. The van der Waals surface area contributed by atoms with Crippen LogP contribution in [0.5, 0.6) is 0 Å². The summed E-state index contributed by atoms with van der Waals surface area (Å²) in [6, 6.07) is 0. The number of carbonyl (C=O) groups is 1. The fraction of sp³-hybridized carbons (Fsp3) is 0.900. The normalized spacial score (nSPS) is 49.4. The van der Waals surface area contributed by atoms with Crippen molar-refractivity contribution in [1.82, 2.24) is 0 Å². The molecule has 0 aromatic rings. The van der Waals surface area contributed by atoms with Gasteiger partial charge in [0.05, 0.1) is 17.8 Å². The van der Waals surface area contributed by atoms with Gasteiger partial charge in [-0.05, 0) is 99.7 Å². The standard InChI is InChI=1S/C30H50O4/c1-18(2)10-9-13-30(8,34)19-11-15-28(6)24(19)20(31)16-22-27(5)14-12-23(33)26(3,4)25(27)21(32)17-29(22,28)7/h10,19-22,24-25,31-32,34H,9,11-17H2,1-8H3/t19-,20-,21-,22+,24+,25?,27+,28-,29+,30-/m0/s1. The van der Waals surface area contributed by atoms with E-state index in [1.165, 1.54) is 5.57 Å². The Morgan fingerprint density at radius 2 is 1.71 bits per heavy atom. The van der Waals surface area contributed by atoms with E-state index in [0.717, 1.165) is 25.7 Å². The maximum Gasteiger partial charge on any atom is 0.138 e. The molecule has 4 aliphatic carbocycles. The maximum absolute atomic E-state index is 12.9. The van der Waals surface area contributed by atoms with Crippen LogP contribution in [0.4, 0.5) is 0 Å². The Morgan fingerprint density at radius 3 is 2.32 bits per heavy atom. The van der Waals surface area contributed by atoms with Gasteiger partial charge in [-0.15, -0.1) is 0 Å². The van der Waals surface area contributed by atoms with Crippen LogP contribution in [0, 0.1) is 45.3 Å². The highest BCUT2D eigenvalue weighted by molar-refractivity contribution is 5.85. The summed E-state index contributed by atoms with van der Waals surface area (Å²) in [6.07, 6.45) is 7.43. The van der Waals surface area contributed by atoms with Crippen molar-refractivity contribution < 1.29 is 20.1 Å². The third-order valence-electron chi connectivity index (χ3n) is 12.0. The van der Waals surface area contributed by atoms with E-state index in [2.05, 4.69) is 40.7 Å². The van der Waals surface area contributed by atoms with Crippen molar-refractivity contribution in [2.75, 3.05) is 0 Å². The Kier molecular flexibility index (Phi) is 6.32. The lowest BCUT2D eigenvalue weighted by Gasteiger charge is -2.70. The monoisotopic (exact) mass is 474 g/mol. The lowest BCUT2D eigenvalue weighted by molar-refractivity contribution is -0.258. The lowest BCUT2D eigenvalue weighted by atomic mass is 9.34. The van der Waals surface area contributed by atoms with Gasteiger partial charge in [-0.3, -0.25) is 4.79 Å². The van der Waals surface area contributed by atoms with E-state index in [9.17, 15) is 20.1 Å². The molecule has 0 aromatic carbocycles. The highest BCUT2D eigenvalue weighted by Crippen LogP contribution is 2.75. The number of hydrogen-bond acceptors (Lipinski definition) is 4. The minimum Gasteiger partial charge on any atom is -0.393 e. The molecule has 0 aromatic heterocycles. The zero-order valence-electron chi connectivity index (χ0n) is 22.9. The summed E-state index contributed by atoms with van der Waals surface area (Å²) < 4.78 is 0. The maximum atomic E-state index is 12.9. The minimum absolute atomic E-state index is 0.0287. The Hall–Kier alpha value is -0.710. The zero-order chi connectivity index (χ0) is 25.5. The molecule has 4 fully saturated rings. The molecule has 4 rings (SSSR count). The van der Waals surface area contributed by atoms with Gasteiger partial charge >= 0.3 is 0 Å². The van der Waals surface area contributed by atoms with E-state index in [1.54, 1.807) is 0 Å². The average Bonchev–Trinajstić information content (AvgIpc) is 3.07. The van der Waals surface area contributed by atoms with Crippen LogP contribution in [0.25, 0.3) is 0 Å². The summed E-state index contributed by atoms with van der Waals surface area (Å²) in [5.41, 5.74) is -0.555. The Bertz CT molecular complexity index is 854. The van der Waals surface area contributed by atoms with Crippen LogP contribution in [-0.4, -0.2) is 38.9 Å². The van der Waals surface area contributed by atoms with Crippen molar-refractivity contribution in [3.63, 3.8) is 0 Å². The molecule has 0 amide bonds. The molecule has 0 aliphatic heterocycles. The number of Topliss-reactive ketones (excluding diaryl/α,β-unsaturated/α-hetero) is 1. The number of aliphatic hydroxyl groups excluding tert-OH is 2. The number of fused-ring (bicyclic) bond motifs is 5. The number of carbonyl (C=O) groups excluding carboxylic acids is 1. The van der Waals surface area contributed by atoms with Crippen molar-refractivity contribution in [2.24, 2.45) is 45.3 Å². The molecule has 0 radical (unpaired) electrons. The summed E-state index contributed by atoms with van der Waals surface area (Å²) in [6.45, 7) is 17.2. The number of ketones is 1. The van der Waals surface area contributed by atoms with Crippen molar-refractivity contribution in [2.45, 2.75) is 125 Å². The second-order valence-electron chi connectivity index (χ2n) is 14.4. The zero-order valence-corrected chi connectivity index (χ0v) is 22.9. The predicted octanol–water partition coefficient (Wildman–Crippen LogP) is 5.68. The molecule has 34 heavy (non-hydrogen) atoms. The van der Waals surface area contributed by atoms with Crippen LogP contribution >= 0.6 is 0 Å². The second kappa shape index (κ2) is 8.15. The first-order chi connectivity index (χ1) is 15.5. The fourth-order valence-corrected chi connectivity index (χ4v) is 10.3. The molecule has 3 N–H and O–H groups in total. The van der Waals surface area contributed by atoms with Crippen LogP contribution in [0.2, 0.25) is 0 Å². The Labute approximate surface area is 207 Å². The quantitative estimate of drug-likeness (QED) is 0.458. The summed E-state index contributed by atoms with van der Waals surface area (Å²) in [5, 5.41) is 35.0. The smallest absolute Gasteiger partial charge is 0.138 e. The van der Waals surface area contributed by atoms with Gasteiger partial charge in [-0.25, -0.2) is 0 Å². The molecule has 0 heterocycles. The van der Waals surface area contributed by atoms with E-state index in [1.807, 2.05) is 20.8 Å². The topological polar surface area (TPSA) is 77.8 Å². The van der Waals surface area contributed by atoms with Gasteiger partial charge in [0.1, 0.15) is 5.78 Å². The molecule has 4 aliphatic rings. The highest BCUT2D eigenvalue weighted by atomic mass is 16.3. The third kappa shape index (κ3) is 3.52. The van der Waals surface area contributed by atoms with Crippen LogP contribution in [-0.2, 0) is 4.79 Å². The van der Waals surface area contributed by atoms with Gasteiger partial charge in [-0.1, -0.05) is 46.3 Å². The number of aliphatic hydroxyl groups is 3. The first-order valence-electron chi connectivity index (χ1n) is 13.8. The summed E-state index contributed by atoms with van der Waals surface area (Å²) in [4.78, 5) is 12.9. The third-order valence-corrected chi connectivity index (χ3v) is 12.0. The van der Waals surface area contributed by atoms with E-state index in [-0.39, 0.29) is 45.7 Å². The molecule has 0 spiro atoms. The van der Waals surface area contributed by atoms with E-state index >= 15 is 0 Å². The van der Waals surface area contributed by atoms with E-state index in [0.29, 0.717) is 25.7 Å². The summed E-state index contributed by atoms with van der Waals surface area (Å²) >= 11 is 0. The molecule has 4 heteroatoms. The van der Waals surface area contributed by atoms with Crippen LogP contribution < -0.4 is 0 Å². The lowest BCUT2D eigenvalue weighted by Crippen LogP contribution is -2.69. The first kappa shape index (κ1) is 26.4. The molecule has 0 saturated heterocycles.